The second-order valence-corrected chi connectivity index (χ2v) is 8.37. The first-order chi connectivity index (χ1) is 16.7. The van der Waals surface area contributed by atoms with Crippen LogP contribution < -0.4 is 10.9 Å². The lowest BCUT2D eigenvalue weighted by atomic mass is 10.2. The van der Waals surface area contributed by atoms with Crippen molar-refractivity contribution in [1.82, 2.24) is 30.6 Å². The van der Waals surface area contributed by atoms with Crippen LogP contribution in [0.2, 0.25) is 0 Å². The maximum atomic E-state index is 13.3. The van der Waals surface area contributed by atoms with Crippen LogP contribution in [-0.4, -0.2) is 36.5 Å². The van der Waals surface area contributed by atoms with Crippen LogP contribution in [0.15, 0.2) is 64.9 Å². The van der Waals surface area contributed by atoms with Crippen LogP contribution in [0.4, 0.5) is 10.1 Å². The van der Waals surface area contributed by atoms with Crippen molar-refractivity contribution in [3.63, 3.8) is 0 Å². The SMILES string of the molecule is Cc1cc(C(=O)NNC(=O)c2ccc(Sc3ncn[nH]3)c([N+](=O)[O-])c2)c(C)n1-c1ccc(F)cc1. The van der Waals surface area contributed by atoms with E-state index in [2.05, 4.69) is 26.0 Å². The van der Waals surface area contributed by atoms with Gasteiger partial charge in [0.1, 0.15) is 12.1 Å². The topological polar surface area (TPSA) is 148 Å². The minimum atomic E-state index is -0.731. The first-order valence-electron chi connectivity index (χ1n) is 10.1. The second-order valence-electron chi connectivity index (χ2n) is 7.34. The zero-order valence-electron chi connectivity index (χ0n) is 18.4. The minimum Gasteiger partial charge on any atom is -0.318 e. The molecule has 0 aliphatic rings. The standard InChI is InChI=1S/C22H18FN7O4S/c1-12-9-17(13(2)29(12)16-6-4-15(23)5-7-16)21(32)27-26-20(31)14-3-8-19(18(10-14)30(33)34)35-22-24-11-25-28-22/h3-11H,1-2H3,(H,26,31)(H,27,32)(H,24,25,28). The van der Waals surface area contributed by atoms with Crippen LogP contribution in [0, 0.1) is 29.8 Å². The Morgan fingerprint density at radius 1 is 1.09 bits per heavy atom. The Bertz CT molecular complexity index is 1420. The van der Waals surface area contributed by atoms with Crippen molar-refractivity contribution in [3.05, 3.63) is 93.3 Å². The van der Waals surface area contributed by atoms with Gasteiger partial charge in [-0.05, 0) is 68.1 Å². The first-order valence-corrected chi connectivity index (χ1v) is 10.9. The number of aromatic nitrogens is 4. The number of nitrogens with one attached hydrogen (secondary N) is 3. The third-order valence-electron chi connectivity index (χ3n) is 5.07. The third kappa shape index (κ3) is 5.04. The van der Waals surface area contributed by atoms with Crippen molar-refractivity contribution < 1.29 is 18.9 Å². The van der Waals surface area contributed by atoms with Crippen molar-refractivity contribution in [1.29, 1.82) is 0 Å². The fraction of sp³-hybridized carbons (Fsp3) is 0.0909. The van der Waals surface area contributed by atoms with Gasteiger partial charge >= 0.3 is 0 Å². The number of rotatable bonds is 6. The Hall–Kier alpha value is -4.52. The second kappa shape index (κ2) is 9.77. The molecule has 4 aromatic rings. The molecule has 4 rings (SSSR count). The van der Waals surface area contributed by atoms with E-state index in [4.69, 9.17) is 0 Å². The molecule has 0 aliphatic carbocycles. The number of nitrogens with zero attached hydrogens (tertiary/aromatic N) is 4. The van der Waals surface area contributed by atoms with Gasteiger partial charge in [0, 0.05) is 28.7 Å². The van der Waals surface area contributed by atoms with Crippen LogP contribution >= 0.6 is 11.8 Å². The molecule has 11 nitrogen and oxygen atoms in total. The monoisotopic (exact) mass is 495 g/mol. The molecule has 2 aromatic heterocycles. The van der Waals surface area contributed by atoms with Gasteiger partial charge in [-0.3, -0.25) is 35.7 Å². The van der Waals surface area contributed by atoms with E-state index in [1.165, 1.54) is 30.6 Å². The molecule has 0 unspecified atom stereocenters. The fourth-order valence-corrected chi connectivity index (χ4v) is 4.25. The van der Waals surface area contributed by atoms with Gasteiger partial charge in [-0.25, -0.2) is 9.37 Å². The van der Waals surface area contributed by atoms with Gasteiger partial charge in [0.2, 0.25) is 0 Å². The highest BCUT2D eigenvalue weighted by Crippen LogP contribution is 2.33. The summed E-state index contributed by atoms with van der Waals surface area (Å²) in [6.07, 6.45) is 1.27. The molecule has 0 atom stereocenters. The van der Waals surface area contributed by atoms with Crippen LogP contribution in [0.25, 0.3) is 5.69 Å². The maximum absolute atomic E-state index is 13.3. The van der Waals surface area contributed by atoms with Crippen LogP contribution in [0.3, 0.4) is 0 Å². The Balaban J connectivity index is 1.48. The van der Waals surface area contributed by atoms with Crippen molar-refractivity contribution in [2.45, 2.75) is 23.9 Å². The highest BCUT2D eigenvalue weighted by Gasteiger charge is 2.21. The van der Waals surface area contributed by atoms with Gasteiger partial charge < -0.3 is 4.57 Å². The smallest absolute Gasteiger partial charge is 0.284 e. The molecule has 178 valence electrons. The zero-order valence-corrected chi connectivity index (χ0v) is 19.2. The number of carbonyl (C=O) groups is 2. The molecule has 13 heteroatoms. The fourth-order valence-electron chi connectivity index (χ4n) is 3.47. The van der Waals surface area contributed by atoms with E-state index in [1.807, 2.05) is 0 Å². The summed E-state index contributed by atoms with van der Waals surface area (Å²) in [6.45, 7) is 3.52. The summed E-state index contributed by atoms with van der Waals surface area (Å²) in [5, 5.41) is 18.1. The van der Waals surface area contributed by atoms with Crippen molar-refractivity contribution in [3.8, 4) is 5.69 Å². The maximum Gasteiger partial charge on any atom is 0.284 e. The molecular formula is C22H18FN7O4S. The summed E-state index contributed by atoms with van der Waals surface area (Å²) >= 11 is 0.994. The van der Waals surface area contributed by atoms with Crippen molar-refractivity contribution in [2.75, 3.05) is 0 Å². The van der Waals surface area contributed by atoms with E-state index in [0.29, 0.717) is 22.1 Å². The summed E-state index contributed by atoms with van der Waals surface area (Å²) in [5.74, 6) is -1.68. The molecule has 0 saturated carbocycles. The Morgan fingerprint density at radius 2 is 1.80 bits per heavy atom. The Kier molecular flexibility index (Phi) is 6.59. The van der Waals surface area contributed by atoms with Crippen LogP contribution in [0.5, 0.6) is 0 Å². The number of aryl methyl sites for hydroxylation is 1. The van der Waals surface area contributed by atoms with Gasteiger partial charge in [0.15, 0.2) is 5.16 Å². The molecule has 0 bridgehead atoms. The molecular weight excluding hydrogens is 477 g/mol. The van der Waals surface area contributed by atoms with E-state index in [0.717, 1.165) is 23.5 Å². The van der Waals surface area contributed by atoms with E-state index >= 15 is 0 Å². The normalized spacial score (nSPS) is 10.7. The van der Waals surface area contributed by atoms with Gasteiger partial charge in [-0.1, -0.05) is 0 Å². The molecule has 2 aromatic carbocycles. The molecule has 3 N–H and O–H groups in total. The molecule has 0 radical (unpaired) electrons. The molecule has 35 heavy (non-hydrogen) atoms. The molecule has 0 fully saturated rings. The van der Waals surface area contributed by atoms with Gasteiger partial charge in [-0.2, -0.15) is 5.10 Å². The number of carbonyl (C=O) groups excluding carboxylic acids is 2. The third-order valence-corrected chi connectivity index (χ3v) is 6.02. The summed E-state index contributed by atoms with van der Waals surface area (Å²) in [4.78, 5) is 40.4. The summed E-state index contributed by atoms with van der Waals surface area (Å²) in [7, 11) is 0. The first kappa shape index (κ1) is 23.6. The van der Waals surface area contributed by atoms with Crippen molar-refractivity contribution in [2.24, 2.45) is 0 Å². The number of nitro groups is 1. The van der Waals surface area contributed by atoms with E-state index in [9.17, 15) is 24.1 Å². The zero-order chi connectivity index (χ0) is 25.1. The number of hydrogen-bond acceptors (Lipinski definition) is 7. The lowest BCUT2D eigenvalue weighted by molar-refractivity contribution is -0.387. The van der Waals surface area contributed by atoms with E-state index < -0.39 is 16.7 Å². The van der Waals surface area contributed by atoms with Crippen LogP contribution in [0.1, 0.15) is 32.1 Å². The van der Waals surface area contributed by atoms with Crippen molar-refractivity contribution >= 4 is 29.3 Å². The van der Waals surface area contributed by atoms with Gasteiger partial charge in [0.25, 0.3) is 17.5 Å². The van der Waals surface area contributed by atoms with E-state index in [-0.39, 0.29) is 22.0 Å². The predicted molar refractivity (Wildman–Crippen MR) is 124 cm³/mol. The minimum absolute atomic E-state index is 0.0179. The number of benzene rings is 2. The highest BCUT2D eigenvalue weighted by atomic mass is 32.2. The molecule has 0 aliphatic heterocycles. The lowest BCUT2D eigenvalue weighted by Gasteiger charge is -2.11. The van der Waals surface area contributed by atoms with Gasteiger partial charge in [-0.15, -0.1) is 0 Å². The van der Waals surface area contributed by atoms with Gasteiger partial charge in [0.05, 0.1) is 15.4 Å². The Labute approximate surface area is 201 Å². The number of H-pyrrole nitrogens is 1. The number of hydrazine groups is 1. The highest BCUT2D eigenvalue weighted by molar-refractivity contribution is 7.99. The molecule has 2 amide bonds. The number of nitro benzene ring substituents is 1. The molecule has 0 saturated heterocycles. The quantitative estimate of drug-likeness (QED) is 0.274. The summed E-state index contributed by atoms with van der Waals surface area (Å²) < 4.78 is 15.1. The van der Waals surface area contributed by atoms with E-state index in [1.54, 1.807) is 36.6 Å². The number of halogens is 1. The Morgan fingerprint density at radius 3 is 2.46 bits per heavy atom. The number of amides is 2. The average molecular weight is 495 g/mol. The largest absolute Gasteiger partial charge is 0.318 e. The summed E-state index contributed by atoms with van der Waals surface area (Å²) in [6, 6.07) is 11.4. The van der Waals surface area contributed by atoms with Crippen LogP contribution in [-0.2, 0) is 0 Å². The average Bonchev–Trinajstić information content (AvgIpc) is 3.45. The predicted octanol–water partition coefficient (Wildman–Crippen LogP) is 3.49. The number of aromatic amines is 1. The lowest BCUT2D eigenvalue weighted by Crippen LogP contribution is -2.41. The summed E-state index contributed by atoms with van der Waals surface area (Å²) in [5.41, 5.74) is 6.60. The number of hydrogen-bond donors (Lipinski definition) is 3. The molecule has 2 heterocycles. The molecule has 0 spiro atoms.